The lowest BCUT2D eigenvalue weighted by Gasteiger charge is -2.39. The van der Waals surface area contributed by atoms with E-state index in [2.05, 4.69) is 27.8 Å². The summed E-state index contributed by atoms with van der Waals surface area (Å²) in [4.78, 5) is 29.3. The molecule has 3 fully saturated rings. The lowest BCUT2D eigenvalue weighted by atomic mass is 9.74. The molecule has 2 saturated heterocycles. The summed E-state index contributed by atoms with van der Waals surface area (Å²) in [6.45, 7) is 10.3. The number of β-amino-alcohol motifs (C(OH)–C–C–N with tert-alkyl or cyclic N) is 1. The van der Waals surface area contributed by atoms with Crippen LogP contribution < -0.4 is 10.1 Å². The lowest BCUT2D eigenvalue weighted by molar-refractivity contribution is -0.144. The molecule has 1 saturated carbocycles. The first-order chi connectivity index (χ1) is 19.1. The maximum absolute atomic E-state index is 14.0. The van der Waals surface area contributed by atoms with Crippen LogP contribution in [0.4, 0.5) is 0 Å². The van der Waals surface area contributed by atoms with Crippen molar-refractivity contribution in [1.29, 1.82) is 0 Å². The molecule has 1 aromatic heterocycles. The highest BCUT2D eigenvalue weighted by molar-refractivity contribution is 5.90. The monoisotopic (exact) mass is 553 g/mol. The highest BCUT2D eigenvalue weighted by Gasteiger charge is 2.46. The second-order valence-electron chi connectivity index (χ2n) is 12.6. The standard InChI is InChI=1S/C30H43N5O5/c1-5-40-23-10-8-21(9-11-23)30(12-14-39-15-13-30)19-31-27(37)25-16-22(36)17-34(25)28(38)26(29(2,3)4)35-18-24(32-33-35)20-6-7-20/h8-11,18,20,22,25-26,36H,5-7,12-17,19H2,1-4H3,(H,31,37)/t22-,25+,26-/m1/s1. The Balaban J connectivity index is 1.32. The van der Waals surface area contributed by atoms with E-state index in [9.17, 15) is 14.7 Å². The SMILES string of the molecule is CCOc1ccc(C2(CNC(=O)[C@@H]3C[C@@H](O)CN3C(=O)[C@@H](n3cc(C4CC4)nn3)C(C)(C)C)CCOCC2)cc1. The number of rotatable bonds is 9. The number of nitrogens with zero attached hydrogens (tertiary/aromatic N) is 4. The van der Waals surface area contributed by atoms with Crippen molar-refractivity contribution in [2.24, 2.45) is 5.41 Å². The third kappa shape index (κ3) is 6.02. The number of hydrogen-bond donors (Lipinski definition) is 2. The predicted octanol–water partition coefficient (Wildman–Crippen LogP) is 2.97. The average Bonchev–Trinajstić information content (AvgIpc) is 3.54. The van der Waals surface area contributed by atoms with E-state index in [1.54, 1.807) is 9.58 Å². The van der Waals surface area contributed by atoms with Crippen LogP contribution in [0.3, 0.4) is 0 Å². The van der Waals surface area contributed by atoms with Gasteiger partial charge in [-0.3, -0.25) is 9.59 Å². The van der Waals surface area contributed by atoms with Gasteiger partial charge in [0.25, 0.3) is 0 Å². The number of carbonyl (C=O) groups excluding carboxylic acids is 2. The molecule has 10 nitrogen and oxygen atoms in total. The summed E-state index contributed by atoms with van der Waals surface area (Å²) < 4.78 is 12.9. The Bertz CT molecular complexity index is 1180. The quantitative estimate of drug-likeness (QED) is 0.490. The molecule has 2 amide bonds. The van der Waals surface area contributed by atoms with Crippen LogP contribution in [0.1, 0.15) is 83.0 Å². The molecule has 3 heterocycles. The summed E-state index contributed by atoms with van der Waals surface area (Å²) in [6.07, 6.45) is 5.06. The molecule has 3 aliphatic rings. The van der Waals surface area contributed by atoms with Gasteiger partial charge < -0.3 is 24.8 Å². The summed E-state index contributed by atoms with van der Waals surface area (Å²) in [5, 5.41) is 22.4. The molecule has 2 N–H and O–H groups in total. The van der Waals surface area contributed by atoms with E-state index in [-0.39, 0.29) is 30.2 Å². The zero-order valence-corrected chi connectivity index (χ0v) is 24.1. The van der Waals surface area contributed by atoms with Crippen LogP contribution in [-0.4, -0.2) is 81.9 Å². The Labute approximate surface area is 236 Å². The normalized spacial score (nSPS) is 23.6. The summed E-state index contributed by atoms with van der Waals surface area (Å²) >= 11 is 0. The fraction of sp³-hybridized carbons (Fsp3) is 0.667. The van der Waals surface area contributed by atoms with E-state index >= 15 is 0 Å². The van der Waals surface area contributed by atoms with Gasteiger partial charge in [-0.25, -0.2) is 4.68 Å². The number of likely N-dealkylation sites (tertiary alicyclic amines) is 1. The molecular weight excluding hydrogens is 510 g/mol. The van der Waals surface area contributed by atoms with Gasteiger partial charge in [0.2, 0.25) is 11.8 Å². The van der Waals surface area contributed by atoms with E-state index in [4.69, 9.17) is 9.47 Å². The second kappa shape index (κ2) is 11.5. The van der Waals surface area contributed by atoms with Crippen molar-refractivity contribution in [3.63, 3.8) is 0 Å². The van der Waals surface area contributed by atoms with Gasteiger partial charge in [-0.15, -0.1) is 5.10 Å². The van der Waals surface area contributed by atoms with Crippen molar-refractivity contribution in [2.45, 2.75) is 89.3 Å². The first kappa shape index (κ1) is 28.5. The van der Waals surface area contributed by atoms with E-state index in [0.717, 1.165) is 42.7 Å². The van der Waals surface area contributed by atoms with Crippen molar-refractivity contribution < 1.29 is 24.2 Å². The number of ether oxygens (including phenoxy) is 2. The molecule has 40 heavy (non-hydrogen) atoms. The lowest BCUT2D eigenvalue weighted by Crippen LogP contribution is -2.53. The zero-order chi connectivity index (χ0) is 28.5. The van der Waals surface area contributed by atoms with Crippen LogP contribution in [0.15, 0.2) is 30.5 Å². The minimum absolute atomic E-state index is 0.117. The molecule has 3 atom stereocenters. The Hall–Kier alpha value is -2.98. The van der Waals surface area contributed by atoms with Crippen LogP contribution in [0, 0.1) is 5.41 Å². The molecule has 0 radical (unpaired) electrons. The first-order valence-electron chi connectivity index (χ1n) is 14.6. The second-order valence-corrected chi connectivity index (χ2v) is 12.6. The van der Waals surface area contributed by atoms with Gasteiger partial charge in [0.1, 0.15) is 17.8 Å². The van der Waals surface area contributed by atoms with Gasteiger partial charge in [0, 0.05) is 50.3 Å². The van der Waals surface area contributed by atoms with E-state index in [1.165, 1.54) is 0 Å². The van der Waals surface area contributed by atoms with Gasteiger partial charge in [-0.2, -0.15) is 0 Å². The van der Waals surface area contributed by atoms with Crippen LogP contribution in [-0.2, 0) is 19.7 Å². The minimum atomic E-state index is -0.763. The molecule has 2 aliphatic heterocycles. The smallest absolute Gasteiger partial charge is 0.248 e. The van der Waals surface area contributed by atoms with E-state index in [1.807, 2.05) is 46.0 Å². The number of hydrogen-bond acceptors (Lipinski definition) is 7. The van der Waals surface area contributed by atoms with Gasteiger partial charge in [-0.05, 0) is 55.7 Å². The fourth-order valence-corrected chi connectivity index (χ4v) is 6.10. The molecule has 10 heteroatoms. The highest BCUT2D eigenvalue weighted by atomic mass is 16.5. The topological polar surface area (TPSA) is 119 Å². The molecule has 218 valence electrons. The molecular formula is C30H43N5O5. The van der Waals surface area contributed by atoms with Crippen molar-refractivity contribution in [3.05, 3.63) is 41.7 Å². The van der Waals surface area contributed by atoms with Crippen molar-refractivity contribution in [1.82, 2.24) is 25.2 Å². The summed E-state index contributed by atoms with van der Waals surface area (Å²) in [7, 11) is 0. The van der Waals surface area contributed by atoms with Crippen LogP contribution in [0.2, 0.25) is 0 Å². The van der Waals surface area contributed by atoms with Crippen LogP contribution in [0.5, 0.6) is 5.75 Å². The summed E-state index contributed by atoms with van der Waals surface area (Å²) in [5.41, 5.74) is 1.29. The van der Waals surface area contributed by atoms with Crippen molar-refractivity contribution in [3.8, 4) is 5.75 Å². The van der Waals surface area contributed by atoms with Crippen molar-refractivity contribution in [2.75, 3.05) is 32.9 Å². The maximum atomic E-state index is 14.0. The maximum Gasteiger partial charge on any atom is 0.248 e. The number of aromatic nitrogens is 3. The van der Waals surface area contributed by atoms with Gasteiger partial charge >= 0.3 is 0 Å². The Morgan fingerprint density at radius 2 is 1.90 bits per heavy atom. The number of benzene rings is 1. The molecule has 0 bridgehead atoms. The van der Waals surface area contributed by atoms with Gasteiger partial charge in [0.15, 0.2) is 0 Å². The highest BCUT2D eigenvalue weighted by Crippen LogP contribution is 2.40. The van der Waals surface area contributed by atoms with E-state index < -0.39 is 23.6 Å². The summed E-state index contributed by atoms with van der Waals surface area (Å²) in [6, 6.07) is 6.68. The average molecular weight is 554 g/mol. The number of aliphatic hydroxyl groups excluding tert-OH is 1. The minimum Gasteiger partial charge on any atom is -0.494 e. The molecule has 0 unspecified atom stereocenters. The number of carbonyl (C=O) groups is 2. The molecule has 5 rings (SSSR count). The third-order valence-electron chi connectivity index (χ3n) is 8.54. The largest absolute Gasteiger partial charge is 0.494 e. The van der Waals surface area contributed by atoms with Gasteiger partial charge in [0.05, 0.1) is 18.4 Å². The number of nitrogens with one attached hydrogen (secondary N) is 1. The Morgan fingerprint density at radius 1 is 1.20 bits per heavy atom. The molecule has 1 aliphatic carbocycles. The summed E-state index contributed by atoms with van der Waals surface area (Å²) in [5.74, 6) is 0.775. The van der Waals surface area contributed by atoms with Gasteiger partial charge in [-0.1, -0.05) is 38.1 Å². The van der Waals surface area contributed by atoms with E-state index in [0.29, 0.717) is 32.3 Å². The first-order valence-corrected chi connectivity index (χ1v) is 14.6. The number of amides is 2. The molecule has 2 aromatic rings. The van der Waals surface area contributed by atoms with Crippen molar-refractivity contribution >= 4 is 11.8 Å². The molecule has 1 aromatic carbocycles. The number of aliphatic hydroxyl groups is 1. The van der Waals surface area contributed by atoms with Crippen LogP contribution in [0.25, 0.3) is 0 Å². The predicted molar refractivity (Wildman–Crippen MR) is 149 cm³/mol. The van der Waals surface area contributed by atoms with Crippen LogP contribution >= 0.6 is 0 Å². The Kier molecular flexibility index (Phi) is 8.20. The zero-order valence-electron chi connectivity index (χ0n) is 24.1. The molecule has 0 spiro atoms. The third-order valence-corrected chi connectivity index (χ3v) is 8.54. The Morgan fingerprint density at radius 3 is 2.52 bits per heavy atom. The fourth-order valence-electron chi connectivity index (χ4n) is 6.10.